The van der Waals surface area contributed by atoms with Crippen LogP contribution in [-0.2, 0) is 9.53 Å². The lowest BCUT2D eigenvalue weighted by Crippen LogP contribution is -2.20. The van der Waals surface area contributed by atoms with E-state index in [0.717, 1.165) is 36.4 Å². The summed E-state index contributed by atoms with van der Waals surface area (Å²) in [6.45, 7) is 5.34. The van der Waals surface area contributed by atoms with Gasteiger partial charge >= 0.3 is 5.97 Å². The van der Waals surface area contributed by atoms with Gasteiger partial charge in [0.25, 0.3) is 0 Å². The van der Waals surface area contributed by atoms with E-state index in [0.29, 0.717) is 13.0 Å². The normalized spacial score (nSPS) is 12.2. The SMILES string of the molecule is CCOC(=O)CCCCCN[C@H](C)c1ccccc1Cl. The number of nitrogens with one attached hydrogen (secondary N) is 1. The Morgan fingerprint density at radius 1 is 1.30 bits per heavy atom. The number of unbranched alkanes of at least 4 members (excludes halogenated alkanes) is 2. The number of hydrogen-bond donors (Lipinski definition) is 1. The minimum Gasteiger partial charge on any atom is -0.466 e. The monoisotopic (exact) mass is 297 g/mol. The van der Waals surface area contributed by atoms with Gasteiger partial charge < -0.3 is 10.1 Å². The first-order valence-electron chi connectivity index (χ1n) is 7.28. The van der Waals surface area contributed by atoms with Crippen molar-refractivity contribution in [1.82, 2.24) is 5.32 Å². The van der Waals surface area contributed by atoms with Crippen LogP contribution >= 0.6 is 11.6 Å². The average Bonchev–Trinajstić information content (AvgIpc) is 2.43. The maximum absolute atomic E-state index is 11.2. The van der Waals surface area contributed by atoms with Gasteiger partial charge in [-0.15, -0.1) is 0 Å². The van der Waals surface area contributed by atoms with Gasteiger partial charge in [-0.05, 0) is 44.9 Å². The minimum atomic E-state index is -0.0927. The molecule has 4 heteroatoms. The van der Waals surface area contributed by atoms with Crippen LogP contribution in [0, 0.1) is 0 Å². The van der Waals surface area contributed by atoms with Crippen LogP contribution < -0.4 is 5.32 Å². The van der Waals surface area contributed by atoms with E-state index in [1.54, 1.807) is 0 Å². The van der Waals surface area contributed by atoms with Crippen molar-refractivity contribution in [3.05, 3.63) is 34.9 Å². The summed E-state index contributed by atoms with van der Waals surface area (Å²) < 4.78 is 4.89. The quantitative estimate of drug-likeness (QED) is 0.550. The molecule has 0 unspecified atom stereocenters. The number of benzene rings is 1. The number of carbonyl (C=O) groups is 1. The maximum atomic E-state index is 11.2. The average molecular weight is 298 g/mol. The molecule has 0 fully saturated rings. The highest BCUT2D eigenvalue weighted by Crippen LogP contribution is 2.21. The van der Waals surface area contributed by atoms with Gasteiger partial charge in [0, 0.05) is 17.5 Å². The molecule has 0 bridgehead atoms. The fourth-order valence-corrected chi connectivity index (χ4v) is 2.36. The molecule has 112 valence electrons. The largest absolute Gasteiger partial charge is 0.466 e. The minimum absolute atomic E-state index is 0.0927. The van der Waals surface area contributed by atoms with E-state index in [1.807, 2.05) is 31.2 Å². The molecule has 0 aromatic heterocycles. The van der Waals surface area contributed by atoms with Crippen molar-refractivity contribution >= 4 is 17.6 Å². The van der Waals surface area contributed by atoms with E-state index in [1.165, 1.54) is 0 Å². The Labute approximate surface area is 126 Å². The molecule has 0 saturated carbocycles. The van der Waals surface area contributed by atoms with Gasteiger partial charge in [0.05, 0.1) is 6.61 Å². The summed E-state index contributed by atoms with van der Waals surface area (Å²) >= 11 is 6.15. The van der Waals surface area contributed by atoms with Gasteiger partial charge in [0.15, 0.2) is 0 Å². The van der Waals surface area contributed by atoms with Gasteiger partial charge in [0.2, 0.25) is 0 Å². The van der Waals surface area contributed by atoms with Crippen LogP contribution in [-0.4, -0.2) is 19.1 Å². The van der Waals surface area contributed by atoms with Crippen molar-refractivity contribution < 1.29 is 9.53 Å². The number of carbonyl (C=O) groups excluding carboxylic acids is 1. The molecule has 0 radical (unpaired) electrons. The van der Waals surface area contributed by atoms with Crippen molar-refractivity contribution in [1.29, 1.82) is 0 Å². The Bertz CT molecular complexity index is 409. The zero-order chi connectivity index (χ0) is 14.8. The van der Waals surface area contributed by atoms with E-state index < -0.39 is 0 Å². The lowest BCUT2D eigenvalue weighted by Gasteiger charge is -2.15. The zero-order valence-corrected chi connectivity index (χ0v) is 13.1. The van der Waals surface area contributed by atoms with E-state index in [9.17, 15) is 4.79 Å². The molecule has 0 heterocycles. The van der Waals surface area contributed by atoms with E-state index in [2.05, 4.69) is 12.2 Å². The molecular weight excluding hydrogens is 274 g/mol. The smallest absolute Gasteiger partial charge is 0.305 e. The van der Waals surface area contributed by atoms with Crippen molar-refractivity contribution in [2.24, 2.45) is 0 Å². The van der Waals surface area contributed by atoms with Crippen LogP contribution in [0.4, 0.5) is 0 Å². The van der Waals surface area contributed by atoms with Crippen molar-refractivity contribution in [2.45, 2.75) is 45.6 Å². The Kier molecular flexibility index (Phi) is 8.31. The van der Waals surface area contributed by atoms with Crippen LogP contribution in [0.15, 0.2) is 24.3 Å². The Balaban J connectivity index is 2.12. The first-order valence-corrected chi connectivity index (χ1v) is 7.66. The number of hydrogen-bond acceptors (Lipinski definition) is 3. The topological polar surface area (TPSA) is 38.3 Å². The van der Waals surface area contributed by atoms with Gasteiger partial charge in [-0.3, -0.25) is 4.79 Å². The molecule has 0 amide bonds. The molecule has 1 rings (SSSR count). The van der Waals surface area contributed by atoms with Crippen molar-refractivity contribution in [2.75, 3.05) is 13.2 Å². The van der Waals surface area contributed by atoms with Crippen LogP contribution in [0.3, 0.4) is 0 Å². The van der Waals surface area contributed by atoms with Gasteiger partial charge in [-0.1, -0.05) is 36.2 Å². The second-order valence-corrected chi connectivity index (χ2v) is 5.22. The molecule has 3 nitrogen and oxygen atoms in total. The molecule has 0 aliphatic heterocycles. The Morgan fingerprint density at radius 3 is 2.75 bits per heavy atom. The zero-order valence-electron chi connectivity index (χ0n) is 12.3. The third-order valence-electron chi connectivity index (χ3n) is 3.19. The molecule has 1 N–H and O–H groups in total. The molecule has 1 aromatic rings. The van der Waals surface area contributed by atoms with Crippen molar-refractivity contribution in [3.63, 3.8) is 0 Å². The molecule has 1 aromatic carbocycles. The molecule has 0 aliphatic rings. The van der Waals surface area contributed by atoms with E-state index in [4.69, 9.17) is 16.3 Å². The summed E-state index contributed by atoms with van der Waals surface area (Å²) in [5.74, 6) is -0.0927. The molecule has 20 heavy (non-hydrogen) atoms. The lowest BCUT2D eigenvalue weighted by atomic mass is 10.1. The second kappa shape index (κ2) is 9.78. The molecule has 0 saturated heterocycles. The van der Waals surface area contributed by atoms with E-state index >= 15 is 0 Å². The molecule has 0 aliphatic carbocycles. The fourth-order valence-electron chi connectivity index (χ4n) is 2.06. The summed E-state index contributed by atoms with van der Waals surface area (Å²) in [4.78, 5) is 11.2. The number of rotatable bonds is 9. The third-order valence-corrected chi connectivity index (χ3v) is 3.53. The standard InChI is InChI=1S/C16H24ClNO2/c1-3-20-16(19)11-5-4-8-12-18-13(2)14-9-6-7-10-15(14)17/h6-7,9-10,13,18H,3-5,8,11-12H2,1-2H3/t13-/m1/s1. The number of ether oxygens (including phenoxy) is 1. The van der Waals surface area contributed by atoms with Gasteiger partial charge in [0.1, 0.15) is 0 Å². The predicted molar refractivity (Wildman–Crippen MR) is 83.0 cm³/mol. The van der Waals surface area contributed by atoms with Crippen LogP contribution in [0.1, 0.15) is 51.1 Å². The molecular formula is C16H24ClNO2. The molecule has 1 atom stereocenters. The first-order chi connectivity index (χ1) is 9.65. The van der Waals surface area contributed by atoms with Crippen LogP contribution in [0.25, 0.3) is 0 Å². The van der Waals surface area contributed by atoms with E-state index in [-0.39, 0.29) is 12.0 Å². The first kappa shape index (κ1) is 17.0. The summed E-state index contributed by atoms with van der Waals surface area (Å²) in [5, 5.41) is 4.25. The predicted octanol–water partition coefficient (Wildman–Crippen LogP) is 4.11. The molecule has 0 spiro atoms. The van der Waals surface area contributed by atoms with Gasteiger partial charge in [-0.25, -0.2) is 0 Å². The second-order valence-electron chi connectivity index (χ2n) is 4.81. The fraction of sp³-hybridized carbons (Fsp3) is 0.562. The highest BCUT2D eigenvalue weighted by molar-refractivity contribution is 6.31. The summed E-state index contributed by atoms with van der Waals surface area (Å²) in [6, 6.07) is 8.13. The van der Waals surface area contributed by atoms with Gasteiger partial charge in [-0.2, -0.15) is 0 Å². The highest BCUT2D eigenvalue weighted by atomic mass is 35.5. The summed E-state index contributed by atoms with van der Waals surface area (Å²) in [7, 11) is 0. The van der Waals surface area contributed by atoms with Crippen molar-refractivity contribution in [3.8, 4) is 0 Å². The van der Waals surface area contributed by atoms with Crippen LogP contribution in [0.2, 0.25) is 5.02 Å². The van der Waals surface area contributed by atoms with Crippen LogP contribution in [0.5, 0.6) is 0 Å². The number of esters is 1. The Morgan fingerprint density at radius 2 is 2.05 bits per heavy atom. The summed E-state index contributed by atoms with van der Waals surface area (Å²) in [5.41, 5.74) is 1.13. The lowest BCUT2D eigenvalue weighted by molar-refractivity contribution is -0.143. The number of halogens is 1. The summed E-state index contributed by atoms with van der Waals surface area (Å²) in [6.07, 6.45) is 3.49. The maximum Gasteiger partial charge on any atom is 0.305 e. The highest BCUT2D eigenvalue weighted by Gasteiger charge is 2.07. The third kappa shape index (κ3) is 6.40. The Hall–Kier alpha value is -1.06.